The summed E-state index contributed by atoms with van der Waals surface area (Å²) in [4.78, 5) is 31.2. The number of aryl methyl sites for hydroxylation is 2. The first kappa shape index (κ1) is 20.9. The minimum atomic E-state index is -0.506. The van der Waals surface area contributed by atoms with Crippen molar-refractivity contribution >= 4 is 40.1 Å². The molecule has 2 aromatic carbocycles. The number of nitrogens with one attached hydrogen (secondary N) is 1. The summed E-state index contributed by atoms with van der Waals surface area (Å²) in [5, 5.41) is 3.43. The van der Waals surface area contributed by atoms with E-state index in [1.54, 1.807) is 31.4 Å². The van der Waals surface area contributed by atoms with Crippen LogP contribution in [0.5, 0.6) is 5.75 Å². The predicted molar refractivity (Wildman–Crippen MR) is 119 cm³/mol. The summed E-state index contributed by atoms with van der Waals surface area (Å²) in [7, 11) is 1.57. The molecule has 1 heterocycles. The number of imide groups is 1. The van der Waals surface area contributed by atoms with Crippen molar-refractivity contribution in [1.29, 1.82) is 0 Å². The Morgan fingerprint density at radius 2 is 1.90 bits per heavy atom. The van der Waals surface area contributed by atoms with Crippen LogP contribution < -0.4 is 15.0 Å². The molecule has 0 aliphatic carbocycles. The van der Waals surface area contributed by atoms with Crippen LogP contribution in [0.25, 0.3) is 0 Å². The van der Waals surface area contributed by atoms with Gasteiger partial charge in [-0.3, -0.25) is 14.6 Å². The summed E-state index contributed by atoms with van der Waals surface area (Å²) in [5.41, 5.74) is 3.86. The van der Waals surface area contributed by atoms with E-state index >= 15 is 0 Å². The molecule has 1 fully saturated rings. The molecule has 1 atom stereocenters. The second kappa shape index (κ2) is 9.13. The molecule has 29 heavy (non-hydrogen) atoms. The predicted octanol–water partition coefficient (Wildman–Crippen LogP) is 4.17. The Morgan fingerprint density at radius 3 is 2.52 bits per heavy atom. The van der Waals surface area contributed by atoms with Gasteiger partial charge in [-0.1, -0.05) is 17.8 Å². The highest BCUT2D eigenvalue weighted by Gasteiger charge is 2.40. The van der Waals surface area contributed by atoms with Crippen LogP contribution in [0, 0.1) is 13.8 Å². The average molecular weight is 412 g/mol. The first-order chi connectivity index (χ1) is 13.9. The highest BCUT2D eigenvalue weighted by molar-refractivity contribution is 8.15. The fourth-order valence-corrected chi connectivity index (χ4v) is 4.11. The molecule has 1 saturated heterocycles. The van der Waals surface area contributed by atoms with Crippen LogP contribution in [0.15, 0.2) is 47.5 Å². The van der Waals surface area contributed by atoms with E-state index in [1.807, 2.05) is 25.1 Å². The number of rotatable bonds is 5. The quantitative estimate of drug-likeness (QED) is 0.454. The minimum absolute atomic E-state index is 0.146. The largest absolute Gasteiger partial charge is 0.497 e. The smallest absolute Gasteiger partial charge is 0.247 e. The molecule has 1 aliphatic heterocycles. The van der Waals surface area contributed by atoms with Crippen molar-refractivity contribution in [1.82, 2.24) is 0 Å². The van der Waals surface area contributed by atoms with Gasteiger partial charge >= 0.3 is 0 Å². The third-order valence-electron chi connectivity index (χ3n) is 4.75. The van der Waals surface area contributed by atoms with E-state index in [1.165, 1.54) is 27.8 Å². The summed E-state index contributed by atoms with van der Waals surface area (Å²) in [5.74, 6) is 0.240. The number of amides is 2. The number of amidine groups is 1. The van der Waals surface area contributed by atoms with E-state index in [2.05, 4.69) is 24.2 Å². The van der Waals surface area contributed by atoms with E-state index in [4.69, 9.17) is 4.74 Å². The third-order valence-corrected chi connectivity index (χ3v) is 5.86. The topological polar surface area (TPSA) is 71.0 Å². The summed E-state index contributed by atoms with van der Waals surface area (Å²) in [6.45, 7) is 6.63. The van der Waals surface area contributed by atoms with Crippen LogP contribution in [-0.4, -0.2) is 35.9 Å². The van der Waals surface area contributed by atoms with Crippen LogP contribution in [0.4, 0.5) is 11.4 Å². The summed E-state index contributed by atoms with van der Waals surface area (Å²) >= 11 is 1.30. The van der Waals surface area contributed by atoms with Crippen LogP contribution in [0.2, 0.25) is 0 Å². The van der Waals surface area contributed by atoms with Gasteiger partial charge < -0.3 is 10.1 Å². The molecule has 0 radical (unpaired) electrons. The number of nitrogens with zero attached hydrogens (tertiary/aromatic N) is 2. The van der Waals surface area contributed by atoms with E-state index in [-0.39, 0.29) is 18.2 Å². The van der Waals surface area contributed by atoms with Gasteiger partial charge in [0.15, 0.2) is 5.17 Å². The van der Waals surface area contributed by atoms with Gasteiger partial charge in [0.25, 0.3) is 0 Å². The van der Waals surface area contributed by atoms with Crippen LogP contribution in [0.1, 0.15) is 24.5 Å². The fourth-order valence-electron chi connectivity index (χ4n) is 3.03. The van der Waals surface area contributed by atoms with Crippen molar-refractivity contribution in [2.24, 2.45) is 4.99 Å². The molecule has 152 valence electrons. The number of aliphatic imine (C=N–C) groups is 1. The summed E-state index contributed by atoms with van der Waals surface area (Å²) in [6, 6.07) is 13.0. The second-order valence-electron chi connectivity index (χ2n) is 6.78. The van der Waals surface area contributed by atoms with Crippen LogP contribution in [0.3, 0.4) is 0 Å². The number of hydrogen-bond acceptors (Lipinski definition) is 5. The summed E-state index contributed by atoms with van der Waals surface area (Å²) in [6.07, 6.45) is 0.146. The molecule has 0 spiro atoms. The zero-order chi connectivity index (χ0) is 21.0. The zero-order valence-electron chi connectivity index (χ0n) is 17.1. The van der Waals surface area contributed by atoms with Crippen molar-refractivity contribution < 1.29 is 14.3 Å². The van der Waals surface area contributed by atoms with E-state index in [0.29, 0.717) is 23.1 Å². The molecule has 0 saturated carbocycles. The second-order valence-corrected chi connectivity index (χ2v) is 7.97. The molecule has 3 rings (SSSR count). The van der Waals surface area contributed by atoms with E-state index in [0.717, 1.165) is 5.69 Å². The van der Waals surface area contributed by atoms with Crippen molar-refractivity contribution in [3.05, 3.63) is 53.6 Å². The van der Waals surface area contributed by atoms with Gasteiger partial charge in [0.2, 0.25) is 11.8 Å². The Kier molecular flexibility index (Phi) is 6.59. The number of methoxy groups -OCH3 is 1. The highest BCUT2D eigenvalue weighted by atomic mass is 32.2. The Bertz CT molecular complexity index is 941. The number of carbonyl (C=O) groups is 2. The van der Waals surface area contributed by atoms with Crippen molar-refractivity contribution in [2.75, 3.05) is 23.9 Å². The number of benzene rings is 2. The van der Waals surface area contributed by atoms with Crippen LogP contribution in [-0.2, 0) is 9.59 Å². The normalized spacial score (nSPS) is 17.0. The number of hydrogen-bond donors (Lipinski definition) is 1. The fraction of sp³-hybridized carbons (Fsp3) is 0.318. The van der Waals surface area contributed by atoms with Gasteiger partial charge in [-0.15, -0.1) is 0 Å². The Labute approximate surface area is 175 Å². The van der Waals surface area contributed by atoms with Crippen molar-refractivity contribution in [3.8, 4) is 5.75 Å². The summed E-state index contributed by atoms with van der Waals surface area (Å²) < 4.78 is 5.14. The maximum Gasteiger partial charge on any atom is 0.247 e. The highest BCUT2D eigenvalue weighted by Crippen LogP contribution is 2.31. The monoisotopic (exact) mass is 411 g/mol. The lowest BCUT2D eigenvalue weighted by molar-refractivity contribution is -0.121. The number of carbonyl (C=O) groups excluding carboxylic acids is 2. The van der Waals surface area contributed by atoms with Gasteiger partial charge in [0.1, 0.15) is 11.0 Å². The van der Waals surface area contributed by atoms with E-state index in [9.17, 15) is 9.59 Å². The molecule has 7 heteroatoms. The lowest BCUT2D eigenvalue weighted by Crippen LogP contribution is -2.31. The minimum Gasteiger partial charge on any atom is -0.497 e. The molecule has 1 unspecified atom stereocenters. The maximum absolute atomic E-state index is 12.9. The lowest BCUT2D eigenvalue weighted by Gasteiger charge is -2.16. The molecule has 0 bridgehead atoms. The average Bonchev–Trinajstić information content (AvgIpc) is 2.98. The molecule has 2 aromatic rings. The van der Waals surface area contributed by atoms with Gasteiger partial charge in [-0.2, -0.15) is 0 Å². The maximum atomic E-state index is 12.9. The molecular weight excluding hydrogens is 386 g/mol. The first-order valence-electron chi connectivity index (χ1n) is 9.49. The Morgan fingerprint density at radius 1 is 1.17 bits per heavy atom. The Balaban J connectivity index is 1.74. The molecule has 6 nitrogen and oxygen atoms in total. The standard InChI is InChI=1S/C22H25N3O3S/c1-5-23-22(24-16-7-6-14(2)15(3)12-16)29-19-13-20(26)25(21(19)27)17-8-10-18(28-4)11-9-17/h6-12,19H,5,13H2,1-4H3,(H,23,24). The number of thioether (sulfide) groups is 1. The molecular formula is C22H25N3O3S. The first-order valence-corrected chi connectivity index (χ1v) is 10.4. The van der Waals surface area contributed by atoms with Gasteiger partial charge in [-0.05, 0) is 68.3 Å². The van der Waals surface area contributed by atoms with Gasteiger partial charge in [0, 0.05) is 18.7 Å². The third kappa shape index (κ3) is 4.79. The number of ether oxygens (including phenoxy) is 1. The van der Waals surface area contributed by atoms with Gasteiger partial charge in [-0.25, -0.2) is 4.90 Å². The van der Waals surface area contributed by atoms with Crippen molar-refractivity contribution in [2.45, 2.75) is 32.4 Å². The molecule has 1 aliphatic rings. The lowest BCUT2D eigenvalue weighted by atomic mass is 10.1. The van der Waals surface area contributed by atoms with Crippen LogP contribution >= 0.6 is 11.8 Å². The SMILES string of the molecule is CCN=C(Nc1ccc(C)c(C)c1)SC1CC(=O)N(c2ccc(OC)cc2)C1=O. The molecule has 2 amide bonds. The van der Waals surface area contributed by atoms with Gasteiger partial charge in [0.05, 0.1) is 12.8 Å². The Hall–Kier alpha value is -2.80. The zero-order valence-corrected chi connectivity index (χ0v) is 17.9. The number of anilines is 2. The molecule has 0 aromatic heterocycles. The van der Waals surface area contributed by atoms with E-state index < -0.39 is 5.25 Å². The van der Waals surface area contributed by atoms with Crippen molar-refractivity contribution in [3.63, 3.8) is 0 Å². The molecule has 1 N–H and O–H groups in total.